The topological polar surface area (TPSA) is 135 Å². The lowest BCUT2D eigenvalue weighted by Crippen LogP contribution is -2.41. The Bertz CT molecular complexity index is 1380. The molecule has 5 N–H and O–H groups in total. The number of piperidine rings is 1. The molecule has 11 nitrogen and oxygen atoms in total. The summed E-state index contributed by atoms with van der Waals surface area (Å²) in [7, 11) is 0. The quantitative estimate of drug-likeness (QED) is 0.253. The fourth-order valence-electron chi connectivity index (χ4n) is 6.10. The van der Waals surface area contributed by atoms with Crippen LogP contribution >= 0.6 is 24.8 Å². The van der Waals surface area contributed by atoms with Crippen LogP contribution in [0.3, 0.4) is 0 Å². The van der Waals surface area contributed by atoms with Crippen LogP contribution in [0.15, 0.2) is 24.5 Å². The van der Waals surface area contributed by atoms with Crippen molar-refractivity contribution in [3.05, 3.63) is 36.2 Å². The lowest BCUT2D eigenvalue weighted by molar-refractivity contribution is -0.107. The normalized spacial score (nSPS) is 21.6. The van der Waals surface area contributed by atoms with E-state index in [1.54, 1.807) is 5.06 Å². The number of aromatic nitrogens is 4. The van der Waals surface area contributed by atoms with Crippen LogP contribution in [0, 0.1) is 11.6 Å². The summed E-state index contributed by atoms with van der Waals surface area (Å²) in [6.07, 6.45) is 11.1. The van der Waals surface area contributed by atoms with E-state index < -0.39 is 17.7 Å². The Kier molecular flexibility index (Phi) is 11.2. The van der Waals surface area contributed by atoms with Gasteiger partial charge in [-0.25, -0.2) is 18.6 Å². The number of nitrogens with zero attached hydrogens (tertiary/aromatic N) is 5. The molecule has 236 valence electrons. The van der Waals surface area contributed by atoms with Crippen LogP contribution < -0.4 is 21.7 Å². The first kappa shape index (κ1) is 32.9. The molecule has 0 bridgehead atoms. The second-order valence-electron chi connectivity index (χ2n) is 11.4. The number of hydroxylamine groups is 2. The van der Waals surface area contributed by atoms with Gasteiger partial charge in [0.1, 0.15) is 11.6 Å². The van der Waals surface area contributed by atoms with Crippen molar-refractivity contribution in [2.45, 2.75) is 88.4 Å². The van der Waals surface area contributed by atoms with Gasteiger partial charge in [-0.3, -0.25) is 5.32 Å². The minimum Gasteiger partial charge on any atom is -0.365 e. The molecule has 1 amide bonds. The highest BCUT2D eigenvalue weighted by atomic mass is 35.5. The van der Waals surface area contributed by atoms with E-state index in [0.717, 1.165) is 61.8 Å². The fraction of sp³-hybridized carbons (Fsp3) is 0.571. The third-order valence-electron chi connectivity index (χ3n) is 8.42. The van der Waals surface area contributed by atoms with Gasteiger partial charge >= 0.3 is 6.09 Å². The molecule has 43 heavy (non-hydrogen) atoms. The number of nitrogens with one attached hydrogen (secondary N) is 3. The Labute approximate surface area is 261 Å². The predicted octanol–water partition coefficient (Wildman–Crippen LogP) is 5.79. The first-order chi connectivity index (χ1) is 19.9. The SMILES string of the molecule is Cl.Cl.N[C@H]1CC[C@H](Nc2nc(NC3CCN(OC(=O)Nc4ccc(F)cc4F)CC3)c3ncn(C4CCCC4)c3n2)CC1. The maximum atomic E-state index is 13.9. The number of rotatable bonds is 7. The molecule has 0 radical (unpaired) electrons. The van der Waals surface area contributed by atoms with Gasteiger partial charge < -0.3 is 25.8 Å². The van der Waals surface area contributed by atoms with Crippen molar-refractivity contribution >= 4 is 59.5 Å². The summed E-state index contributed by atoms with van der Waals surface area (Å²) in [5.41, 5.74) is 7.57. The van der Waals surface area contributed by atoms with Crippen molar-refractivity contribution in [2.24, 2.45) is 5.73 Å². The zero-order valence-electron chi connectivity index (χ0n) is 23.8. The number of hydrogen-bond acceptors (Lipinski definition) is 9. The molecule has 3 heterocycles. The van der Waals surface area contributed by atoms with E-state index in [2.05, 4.69) is 20.5 Å². The third kappa shape index (κ3) is 7.94. The summed E-state index contributed by atoms with van der Waals surface area (Å²) in [5.74, 6) is -0.280. The summed E-state index contributed by atoms with van der Waals surface area (Å²) in [5, 5.41) is 11.0. The van der Waals surface area contributed by atoms with Gasteiger partial charge in [0.25, 0.3) is 0 Å². The van der Waals surface area contributed by atoms with E-state index in [1.807, 2.05) is 6.33 Å². The third-order valence-corrected chi connectivity index (χ3v) is 8.42. The van der Waals surface area contributed by atoms with E-state index in [9.17, 15) is 13.6 Å². The van der Waals surface area contributed by atoms with Crippen LogP contribution in [0.5, 0.6) is 0 Å². The van der Waals surface area contributed by atoms with Crippen molar-refractivity contribution in [3.63, 3.8) is 0 Å². The number of amides is 1. The summed E-state index contributed by atoms with van der Waals surface area (Å²) >= 11 is 0. The van der Waals surface area contributed by atoms with E-state index in [4.69, 9.17) is 25.5 Å². The van der Waals surface area contributed by atoms with Crippen molar-refractivity contribution in [2.75, 3.05) is 29.0 Å². The molecular formula is C28H39Cl2F2N9O2. The average molecular weight is 643 g/mol. The number of benzene rings is 1. The summed E-state index contributed by atoms with van der Waals surface area (Å²) in [4.78, 5) is 32.1. The highest BCUT2D eigenvalue weighted by molar-refractivity contribution is 5.86. The Morgan fingerprint density at radius 1 is 0.930 bits per heavy atom. The molecule has 1 saturated heterocycles. The van der Waals surface area contributed by atoms with Gasteiger partial charge in [-0.05, 0) is 63.5 Å². The zero-order valence-corrected chi connectivity index (χ0v) is 25.4. The lowest BCUT2D eigenvalue weighted by Gasteiger charge is -2.31. The minimum atomic E-state index is -0.864. The molecule has 0 unspecified atom stereocenters. The molecule has 2 saturated carbocycles. The summed E-state index contributed by atoms with van der Waals surface area (Å²) < 4.78 is 29.2. The Morgan fingerprint density at radius 3 is 2.33 bits per heavy atom. The largest absolute Gasteiger partial charge is 0.430 e. The Morgan fingerprint density at radius 2 is 1.63 bits per heavy atom. The van der Waals surface area contributed by atoms with Gasteiger partial charge in [0, 0.05) is 43.3 Å². The average Bonchev–Trinajstić information content (AvgIpc) is 3.63. The van der Waals surface area contributed by atoms with E-state index in [0.29, 0.717) is 49.8 Å². The van der Waals surface area contributed by atoms with Crippen LogP contribution in [0.1, 0.15) is 70.3 Å². The van der Waals surface area contributed by atoms with Crippen molar-refractivity contribution in [3.8, 4) is 0 Å². The molecule has 2 aliphatic carbocycles. The first-order valence-corrected chi connectivity index (χ1v) is 14.6. The molecule has 0 spiro atoms. The highest BCUT2D eigenvalue weighted by Crippen LogP contribution is 2.34. The summed E-state index contributed by atoms with van der Waals surface area (Å²) in [6.45, 7) is 0.963. The van der Waals surface area contributed by atoms with Gasteiger partial charge in [-0.15, -0.1) is 29.9 Å². The van der Waals surface area contributed by atoms with Gasteiger partial charge in [0.15, 0.2) is 17.0 Å². The van der Waals surface area contributed by atoms with Crippen molar-refractivity contribution in [1.82, 2.24) is 24.6 Å². The van der Waals surface area contributed by atoms with E-state index in [-0.39, 0.29) is 48.6 Å². The maximum absolute atomic E-state index is 13.9. The molecule has 1 aliphatic heterocycles. The van der Waals surface area contributed by atoms with Gasteiger partial charge in [0.05, 0.1) is 12.0 Å². The second-order valence-corrected chi connectivity index (χ2v) is 11.4. The summed E-state index contributed by atoms with van der Waals surface area (Å²) in [6, 6.07) is 3.98. The van der Waals surface area contributed by atoms with Gasteiger partial charge in [-0.1, -0.05) is 12.8 Å². The monoisotopic (exact) mass is 641 g/mol. The van der Waals surface area contributed by atoms with Crippen LogP contribution in [0.2, 0.25) is 0 Å². The molecule has 15 heteroatoms. The first-order valence-electron chi connectivity index (χ1n) is 14.6. The van der Waals surface area contributed by atoms with Gasteiger partial charge in [0.2, 0.25) is 5.95 Å². The van der Waals surface area contributed by atoms with Gasteiger partial charge in [-0.2, -0.15) is 9.97 Å². The number of carbonyl (C=O) groups excluding carboxylic acids is 1. The second kappa shape index (κ2) is 14.7. The molecule has 1 aromatic carbocycles. The molecular weight excluding hydrogens is 603 g/mol. The lowest BCUT2D eigenvalue weighted by atomic mass is 9.92. The smallest absolute Gasteiger partial charge is 0.365 e. The Hall–Kier alpha value is -3.00. The standard InChI is InChI=1S/C28H37F2N9O2.2ClH/c29-17-5-10-23(22(30)15-17)35-28(40)41-38-13-11-20(12-14-38)33-25-24-26(39(16-32-24)21-3-1-2-4-21)37-27(36-25)34-19-8-6-18(31)7-9-19;;/h5,10,15-16,18-21H,1-4,6-9,11-14,31H2,(H,35,40)(H2,33,34,36,37);2*1H/t18-,19-;;. The van der Waals surface area contributed by atoms with Crippen LogP contribution in [-0.4, -0.2) is 61.9 Å². The number of fused-ring (bicyclic) bond motifs is 1. The number of imidazole rings is 1. The zero-order chi connectivity index (χ0) is 28.3. The molecule has 3 aliphatic rings. The number of hydrogen-bond donors (Lipinski definition) is 4. The predicted molar refractivity (Wildman–Crippen MR) is 166 cm³/mol. The molecule has 3 fully saturated rings. The fourth-order valence-corrected chi connectivity index (χ4v) is 6.10. The number of halogens is 4. The highest BCUT2D eigenvalue weighted by Gasteiger charge is 2.27. The molecule has 3 aromatic rings. The molecule has 6 rings (SSSR count). The maximum Gasteiger partial charge on any atom is 0.430 e. The Balaban J connectivity index is 0.00000212. The van der Waals surface area contributed by atoms with Crippen LogP contribution in [0.4, 0.5) is 31.0 Å². The number of anilines is 3. The van der Waals surface area contributed by atoms with Crippen LogP contribution in [0.25, 0.3) is 11.2 Å². The number of nitrogens with two attached hydrogens (primary N) is 1. The molecule has 0 atom stereocenters. The molecule has 2 aromatic heterocycles. The number of carbonyl (C=O) groups is 1. The van der Waals surface area contributed by atoms with Crippen molar-refractivity contribution in [1.29, 1.82) is 0 Å². The minimum absolute atomic E-state index is 0. The van der Waals surface area contributed by atoms with E-state index >= 15 is 0 Å². The van der Waals surface area contributed by atoms with E-state index in [1.165, 1.54) is 12.8 Å². The van der Waals surface area contributed by atoms with Crippen molar-refractivity contribution < 1.29 is 18.4 Å². The van der Waals surface area contributed by atoms with Crippen LogP contribution in [-0.2, 0) is 4.84 Å².